The topological polar surface area (TPSA) is 186 Å². The zero-order valence-electron chi connectivity index (χ0n) is 33.3. The number of aliphatic hydroxyl groups excluding tert-OH is 1. The van der Waals surface area contributed by atoms with Crippen LogP contribution in [-0.4, -0.2) is 67.2 Å². The van der Waals surface area contributed by atoms with Crippen LogP contribution in [0.25, 0.3) is 0 Å². The van der Waals surface area contributed by atoms with Crippen LogP contribution in [0.3, 0.4) is 0 Å². The Hall–Kier alpha value is -1.75. The third-order valence-corrected chi connectivity index (χ3v) is 14.8. The first kappa shape index (κ1) is 43.0. The van der Waals surface area contributed by atoms with Crippen LogP contribution in [0.4, 0.5) is 0 Å². The first-order valence-corrected chi connectivity index (χ1v) is 21.6. The fourth-order valence-electron chi connectivity index (χ4n) is 12.0. The number of fused-ring (bicyclic) bond motifs is 5. The SMILES string of the molecule is C[C@H](CCCO)C1CC[C@H]2C3C(NC(=O)CCCCCN)CC4C[C@H](NC(=O)CCCCCN)CCC4(C)[C@H]3CC(NC(=O)CCCCCN)C12C. The van der Waals surface area contributed by atoms with Gasteiger partial charge in [0.2, 0.25) is 17.7 Å². The highest BCUT2D eigenvalue weighted by Crippen LogP contribution is 2.68. The van der Waals surface area contributed by atoms with Gasteiger partial charge in [-0.3, -0.25) is 14.4 Å². The van der Waals surface area contributed by atoms with Crippen molar-refractivity contribution in [2.75, 3.05) is 26.2 Å². The molecule has 0 saturated heterocycles. The molecule has 10 heteroatoms. The van der Waals surface area contributed by atoms with E-state index in [1.165, 1.54) is 0 Å². The van der Waals surface area contributed by atoms with E-state index in [4.69, 9.17) is 17.2 Å². The van der Waals surface area contributed by atoms with E-state index in [9.17, 15) is 19.5 Å². The van der Waals surface area contributed by atoms with Crippen molar-refractivity contribution in [3.8, 4) is 0 Å². The standard InChI is InChI=1S/C42H78N6O4/c1-29(14-13-25-49)32-18-19-33-40-34(28-36(42(32,33)3)48-39(52)17-9-6-12-24-45)41(2)21-20-31(46-37(50)15-7-4-10-22-43)26-30(41)27-35(40)47-38(51)16-8-5-11-23-44/h29-36,40,49H,4-28,43-45H2,1-3H3,(H,46,50)(H,47,51)(H,48,52)/t29-,30?,31-,32?,33+,34+,35?,36?,40?,41?,42?/m1/s1. The van der Waals surface area contributed by atoms with Crippen LogP contribution in [0.1, 0.15) is 156 Å². The molecule has 4 rings (SSSR count). The number of nitrogens with two attached hydrogens (primary N) is 3. The molecule has 0 aromatic carbocycles. The van der Waals surface area contributed by atoms with Gasteiger partial charge in [-0.2, -0.15) is 0 Å². The van der Waals surface area contributed by atoms with Gasteiger partial charge in [-0.05, 0) is 162 Å². The molecule has 52 heavy (non-hydrogen) atoms. The fourth-order valence-corrected chi connectivity index (χ4v) is 12.0. The highest BCUT2D eigenvalue weighted by atomic mass is 16.3. The molecule has 4 saturated carbocycles. The van der Waals surface area contributed by atoms with E-state index < -0.39 is 0 Å². The Morgan fingerprint density at radius 3 is 1.85 bits per heavy atom. The molecular weight excluding hydrogens is 652 g/mol. The lowest BCUT2D eigenvalue weighted by molar-refractivity contribution is -0.154. The lowest BCUT2D eigenvalue weighted by atomic mass is 9.42. The molecule has 10 N–H and O–H groups in total. The second kappa shape index (κ2) is 20.8. The molecule has 7 unspecified atom stereocenters. The van der Waals surface area contributed by atoms with Crippen LogP contribution < -0.4 is 33.2 Å². The lowest BCUT2D eigenvalue weighted by Gasteiger charge is -2.65. The van der Waals surface area contributed by atoms with Gasteiger partial charge in [0.25, 0.3) is 0 Å². The molecule has 0 spiro atoms. The maximum Gasteiger partial charge on any atom is 0.220 e. The normalized spacial score (nSPS) is 34.4. The Kier molecular flexibility index (Phi) is 17.2. The van der Waals surface area contributed by atoms with Crippen molar-refractivity contribution in [1.82, 2.24) is 16.0 Å². The molecule has 4 aliphatic carbocycles. The zero-order valence-corrected chi connectivity index (χ0v) is 33.3. The van der Waals surface area contributed by atoms with Crippen molar-refractivity contribution in [3.63, 3.8) is 0 Å². The largest absolute Gasteiger partial charge is 0.396 e. The van der Waals surface area contributed by atoms with Crippen LogP contribution in [-0.2, 0) is 14.4 Å². The third kappa shape index (κ3) is 10.5. The number of rotatable bonds is 22. The van der Waals surface area contributed by atoms with Crippen molar-refractivity contribution in [2.24, 2.45) is 63.5 Å². The molecule has 11 atom stereocenters. The van der Waals surface area contributed by atoms with Gasteiger partial charge in [0.05, 0.1) is 0 Å². The van der Waals surface area contributed by atoms with Crippen molar-refractivity contribution in [1.29, 1.82) is 0 Å². The Bertz CT molecular complexity index is 1120. The summed E-state index contributed by atoms with van der Waals surface area (Å²) >= 11 is 0. The molecule has 0 aliphatic heterocycles. The predicted molar refractivity (Wildman–Crippen MR) is 210 cm³/mol. The Labute approximate surface area is 316 Å². The summed E-state index contributed by atoms with van der Waals surface area (Å²) in [4.78, 5) is 40.4. The molecule has 4 fully saturated rings. The molecule has 0 aromatic rings. The van der Waals surface area contributed by atoms with E-state index in [1.54, 1.807) is 0 Å². The minimum Gasteiger partial charge on any atom is -0.396 e. The van der Waals surface area contributed by atoms with Gasteiger partial charge < -0.3 is 38.3 Å². The number of carbonyl (C=O) groups excluding carboxylic acids is 3. The highest BCUT2D eigenvalue weighted by Gasteiger charge is 2.66. The van der Waals surface area contributed by atoms with Gasteiger partial charge in [0.1, 0.15) is 0 Å². The summed E-state index contributed by atoms with van der Waals surface area (Å²) in [6.07, 6.45) is 18.9. The molecule has 300 valence electrons. The van der Waals surface area contributed by atoms with Crippen LogP contribution >= 0.6 is 0 Å². The first-order chi connectivity index (χ1) is 25.0. The van der Waals surface area contributed by atoms with Gasteiger partial charge >= 0.3 is 0 Å². The average molecular weight is 731 g/mol. The van der Waals surface area contributed by atoms with Crippen LogP contribution in [0, 0.1) is 46.3 Å². The van der Waals surface area contributed by atoms with Gasteiger partial charge in [-0.1, -0.05) is 40.0 Å². The monoisotopic (exact) mass is 731 g/mol. The first-order valence-electron chi connectivity index (χ1n) is 21.6. The molecule has 0 bridgehead atoms. The number of hydrogen-bond donors (Lipinski definition) is 7. The summed E-state index contributed by atoms with van der Waals surface area (Å²) < 4.78 is 0. The van der Waals surface area contributed by atoms with Gasteiger partial charge in [-0.25, -0.2) is 0 Å². The summed E-state index contributed by atoms with van der Waals surface area (Å²) in [6, 6.07) is 0.309. The number of unbranched alkanes of at least 4 members (excludes halogenated alkanes) is 6. The maximum atomic E-state index is 13.7. The number of hydrogen-bond acceptors (Lipinski definition) is 7. The molecule has 3 amide bonds. The summed E-state index contributed by atoms with van der Waals surface area (Å²) in [6.45, 7) is 9.53. The number of amides is 3. The number of carbonyl (C=O) groups is 3. The number of aliphatic hydroxyl groups is 1. The van der Waals surface area contributed by atoms with Gasteiger partial charge in [0, 0.05) is 44.0 Å². The maximum absolute atomic E-state index is 13.7. The average Bonchev–Trinajstić information content (AvgIpc) is 3.48. The molecule has 0 heterocycles. The number of nitrogens with one attached hydrogen (secondary N) is 3. The Morgan fingerprint density at radius 2 is 1.27 bits per heavy atom. The van der Waals surface area contributed by atoms with E-state index >= 15 is 0 Å². The molecule has 0 aromatic heterocycles. The summed E-state index contributed by atoms with van der Waals surface area (Å²) in [5.74, 6) is 2.84. The zero-order chi connectivity index (χ0) is 37.7. The van der Waals surface area contributed by atoms with Crippen molar-refractivity contribution in [2.45, 2.75) is 174 Å². The van der Waals surface area contributed by atoms with E-state index in [-0.39, 0.29) is 53.3 Å². The third-order valence-electron chi connectivity index (χ3n) is 14.8. The Morgan fingerprint density at radius 1 is 0.692 bits per heavy atom. The van der Waals surface area contributed by atoms with Gasteiger partial charge in [0.15, 0.2) is 0 Å². The lowest BCUT2D eigenvalue weighted by Crippen LogP contribution is -2.67. The minimum absolute atomic E-state index is 0.0685. The van der Waals surface area contributed by atoms with Gasteiger partial charge in [-0.15, -0.1) is 0 Å². The summed E-state index contributed by atoms with van der Waals surface area (Å²) in [5.41, 5.74) is 17.1. The smallest absolute Gasteiger partial charge is 0.220 e. The molecular formula is C42H78N6O4. The summed E-state index contributed by atoms with van der Waals surface area (Å²) in [7, 11) is 0. The van der Waals surface area contributed by atoms with E-state index in [0.29, 0.717) is 74.4 Å². The van der Waals surface area contributed by atoms with Crippen LogP contribution in [0.15, 0.2) is 0 Å². The fraction of sp³-hybridized carbons (Fsp3) is 0.929. The van der Waals surface area contributed by atoms with E-state index in [1.807, 2.05) is 0 Å². The van der Waals surface area contributed by atoms with Crippen LogP contribution in [0.2, 0.25) is 0 Å². The Balaban J connectivity index is 1.62. The summed E-state index contributed by atoms with van der Waals surface area (Å²) in [5, 5.41) is 20.5. The molecule has 0 radical (unpaired) electrons. The molecule has 10 nitrogen and oxygen atoms in total. The minimum atomic E-state index is -0.0919. The van der Waals surface area contributed by atoms with E-state index in [0.717, 1.165) is 116 Å². The van der Waals surface area contributed by atoms with Crippen LogP contribution in [0.5, 0.6) is 0 Å². The van der Waals surface area contributed by atoms with Crippen molar-refractivity contribution >= 4 is 17.7 Å². The molecule has 4 aliphatic rings. The van der Waals surface area contributed by atoms with Crippen molar-refractivity contribution in [3.05, 3.63) is 0 Å². The van der Waals surface area contributed by atoms with Crippen molar-refractivity contribution < 1.29 is 19.5 Å². The predicted octanol–water partition coefficient (Wildman–Crippen LogP) is 5.29. The van der Waals surface area contributed by atoms with E-state index in [2.05, 4.69) is 36.7 Å². The highest BCUT2D eigenvalue weighted by molar-refractivity contribution is 5.77. The quantitative estimate of drug-likeness (QED) is 0.0739. The second-order valence-electron chi connectivity index (χ2n) is 18.0. The second-order valence-corrected chi connectivity index (χ2v) is 18.0.